The maximum Gasteiger partial charge on any atom is 0.0697 e. The molecule has 2 bridgehead atoms. The van der Waals surface area contributed by atoms with Crippen LogP contribution in [0.3, 0.4) is 0 Å². The van der Waals surface area contributed by atoms with E-state index < -0.39 is 0 Å². The lowest BCUT2D eigenvalue weighted by molar-refractivity contribution is -0.105. The number of piperidine rings is 1. The number of nitrogens with one attached hydrogen (secondary N) is 1. The van der Waals surface area contributed by atoms with Gasteiger partial charge in [0.1, 0.15) is 0 Å². The van der Waals surface area contributed by atoms with E-state index in [2.05, 4.69) is 17.3 Å². The maximum absolute atomic E-state index is 6.21. The zero-order valence-electron chi connectivity index (χ0n) is 12.9. The van der Waals surface area contributed by atoms with Crippen LogP contribution in [0.15, 0.2) is 0 Å². The molecule has 4 rings (SSSR count). The number of fused-ring (bicyclic) bond motifs is 2. The van der Waals surface area contributed by atoms with Gasteiger partial charge >= 0.3 is 0 Å². The topological polar surface area (TPSA) is 24.5 Å². The van der Waals surface area contributed by atoms with Gasteiger partial charge in [-0.2, -0.15) is 0 Å². The lowest BCUT2D eigenvalue weighted by Gasteiger charge is -2.46. The first-order chi connectivity index (χ1) is 9.74. The van der Waals surface area contributed by atoms with Crippen LogP contribution in [-0.2, 0) is 4.74 Å². The maximum atomic E-state index is 6.21. The minimum absolute atomic E-state index is 0.267. The fourth-order valence-electron chi connectivity index (χ4n) is 5.38. The Hall–Kier alpha value is -0.120. The second-order valence-electron chi connectivity index (χ2n) is 7.81. The molecule has 1 aliphatic carbocycles. The van der Waals surface area contributed by atoms with Gasteiger partial charge in [-0.25, -0.2) is 0 Å². The lowest BCUT2D eigenvalue weighted by Crippen LogP contribution is -2.53. The van der Waals surface area contributed by atoms with E-state index in [-0.39, 0.29) is 5.60 Å². The van der Waals surface area contributed by atoms with E-state index in [1.165, 1.54) is 64.2 Å². The van der Waals surface area contributed by atoms with E-state index in [0.717, 1.165) is 30.8 Å². The molecule has 20 heavy (non-hydrogen) atoms. The molecular weight excluding hydrogens is 248 g/mol. The van der Waals surface area contributed by atoms with Crippen LogP contribution in [0, 0.1) is 0 Å². The molecule has 0 aromatic rings. The van der Waals surface area contributed by atoms with Crippen LogP contribution in [0.25, 0.3) is 0 Å². The molecule has 3 aliphatic heterocycles. The highest BCUT2D eigenvalue weighted by atomic mass is 16.5. The minimum atomic E-state index is 0.267. The predicted octanol–water partition coefficient (Wildman–Crippen LogP) is 2.69. The van der Waals surface area contributed by atoms with E-state index in [4.69, 9.17) is 4.74 Å². The lowest BCUT2D eigenvalue weighted by atomic mass is 9.86. The summed E-state index contributed by atoms with van der Waals surface area (Å²) in [5.41, 5.74) is 0.267. The average Bonchev–Trinajstić information content (AvgIpc) is 3.05. The van der Waals surface area contributed by atoms with Crippen molar-refractivity contribution in [3.8, 4) is 0 Å². The Morgan fingerprint density at radius 1 is 1.00 bits per heavy atom. The van der Waals surface area contributed by atoms with Gasteiger partial charge in [0.25, 0.3) is 0 Å². The Morgan fingerprint density at radius 2 is 1.70 bits per heavy atom. The molecule has 4 fully saturated rings. The first-order valence-corrected chi connectivity index (χ1v) is 8.86. The normalized spacial score (nSPS) is 43.5. The number of hydrogen-bond acceptors (Lipinski definition) is 3. The average molecular weight is 278 g/mol. The van der Waals surface area contributed by atoms with Crippen LogP contribution >= 0.6 is 0 Å². The van der Waals surface area contributed by atoms with Crippen LogP contribution in [0.4, 0.5) is 0 Å². The third-order valence-electron chi connectivity index (χ3n) is 6.58. The van der Waals surface area contributed by atoms with Crippen LogP contribution in [-0.4, -0.2) is 48.3 Å². The third kappa shape index (κ3) is 2.42. The molecule has 0 aromatic carbocycles. The minimum Gasteiger partial charge on any atom is -0.375 e. The SMILES string of the molecule is CN(C1CC2CCC(C1)N2)C1CCOC2(CCCC2)C1. The second-order valence-corrected chi connectivity index (χ2v) is 7.81. The number of hydrogen-bond donors (Lipinski definition) is 1. The second kappa shape index (κ2) is 5.26. The van der Waals surface area contributed by atoms with Gasteiger partial charge in [0.05, 0.1) is 5.60 Å². The molecular formula is C17H30N2O. The van der Waals surface area contributed by atoms with E-state index in [1.807, 2.05) is 0 Å². The largest absolute Gasteiger partial charge is 0.375 e. The Balaban J connectivity index is 1.41. The molecule has 3 nitrogen and oxygen atoms in total. The summed E-state index contributed by atoms with van der Waals surface area (Å²) in [6.45, 7) is 0.993. The summed E-state index contributed by atoms with van der Waals surface area (Å²) in [4.78, 5) is 2.74. The molecule has 3 atom stereocenters. The summed E-state index contributed by atoms with van der Waals surface area (Å²) in [5, 5.41) is 3.78. The van der Waals surface area contributed by atoms with Gasteiger partial charge in [-0.05, 0) is 58.4 Å². The van der Waals surface area contributed by atoms with Crippen molar-refractivity contribution in [3.63, 3.8) is 0 Å². The van der Waals surface area contributed by atoms with Crippen molar-refractivity contribution in [2.45, 2.75) is 94.0 Å². The van der Waals surface area contributed by atoms with E-state index in [9.17, 15) is 0 Å². The molecule has 3 heteroatoms. The highest BCUT2D eigenvalue weighted by Gasteiger charge is 2.43. The van der Waals surface area contributed by atoms with Crippen LogP contribution in [0.1, 0.15) is 64.2 Å². The van der Waals surface area contributed by atoms with Gasteiger partial charge < -0.3 is 15.0 Å². The third-order valence-corrected chi connectivity index (χ3v) is 6.58. The summed E-state index contributed by atoms with van der Waals surface area (Å²) in [6.07, 6.45) is 13.5. The van der Waals surface area contributed by atoms with Crippen molar-refractivity contribution < 1.29 is 4.74 Å². The van der Waals surface area contributed by atoms with Crippen molar-refractivity contribution in [1.82, 2.24) is 10.2 Å². The van der Waals surface area contributed by atoms with Crippen LogP contribution < -0.4 is 5.32 Å². The van der Waals surface area contributed by atoms with Gasteiger partial charge in [0.15, 0.2) is 0 Å². The summed E-state index contributed by atoms with van der Waals surface area (Å²) in [5.74, 6) is 0. The zero-order valence-corrected chi connectivity index (χ0v) is 12.9. The number of nitrogens with zero attached hydrogens (tertiary/aromatic N) is 1. The van der Waals surface area contributed by atoms with Gasteiger partial charge in [0.2, 0.25) is 0 Å². The Morgan fingerprint density at radius 3 is 2.40 bits per heavy atom. The fourth-order valence-corrected chi connectivity index (χ4v) is 5.38. The molecule has 1 N–H and O–H groups in total. The van der Waals surface area contributed by atoms with Crippen molar-refractivity contribution in [2.75, 3.05) is 13.7 Å². The molecule has 3 unspecified atom stereocenters. The predicted molar refractivity (Wildman–Crippen MR) is 80.9 cm³/mol. The van der Waals surface area contributed by atoms with Crippen molar-refractivity contribution in [3.05, 3.63) is 0 Å². The Labute approximate surface area is 123 Å². The van der Waals surface area contributed by atoms with E-state index >= 15 is 0 Å². The Kier molecular flexibility index (Phi) is 3.56. The van der Waals surface area contributed by atoms with Crippen LogP contribution in [0.5, 0.6) is 0 Å². The molecule has 3 heterocycles. The zero-order chi connectivity index (χ0) is 13.6. The van der Waals surface area contributed by atoms with E-state index in [0.29, 0.717) is 0 Å². The molecule has 3 saturated heterocycles. The molecule has 114 valence electrons. The monoisotopic (exact) mass is 278 g/mol. The quantitative estimate of drug-likeness (QED) is 0.840. The molecule has 4 aliphatic rings. The molecule has 0 aromatic heterocycles. The van der Waals surface area contributed by atoms with Crippen molar-refractivity contribution in [1.29, 1.82) is 0 Å². The summed E-state index contributed by atoms with van der Waals surface area (Å²) >= 11 is 0. The molecule has 0 radical (unpaired) electrons. The number of rotatable bonds is 2. The molecule has 1 spiro atoms. The standard InChI is InChI=1S/C17H30N2O/c1-19(16-10-13-4-5-14(11-16)18-13)15-6-9-20-17(12-15)7-2-3-8-17/h13-16,18H,2-12H2,1H3. The fraction of sp³-hybridized carbons (Fsp3) is 1.00. The van der Waals surface area contributed by atoms with Gasteiger partial charge in [-0.1, -0.05) is 12.8 Å². The van der Waals surface area contributed by atoms with E-state index in [1.54, 1.807) is 0 Å². The Bertz CT molecular complexity index is 341. The van der Waals surface area contributed by atoms with Crippen LogP contribution in [0.2, 0.25) is 0 Å². The van der Waals surface area contributed by atoms with Crippen molar-refractivity contribution in [2.24, 2.45) is 0 Å². The first-order valence-electron chi connectivity index (χ1n) is 8.86. The van der Waals surface area contributed by atoms with Gasteiger partial charge in [-0.15, -0.1) is 0 Å². The molecule has 0 amide bonds. The van der Waals surface area contributed by atoms with Gasteiger partial charge in [-0.3, -0.25) is 0 Å². The first kappa shape index (κ1) is 13.5. The highest BCUT2D eigenvalue weighted by molar-refractivity contribution is 4.99. The smallest absolute Gasteiger partial charge is 0.0697 e. The highest BCUT2D eigenvalue weighted by Crippen LogP contribution is 2.42. The van der Waals surface area contributed by atoms with Crippen molar-refractivity contribution >= 4 is 0 Å². The van der Waals surface area contributed by atoms with Gasteiger partial charge in [0, 0.05) is 30.8 Å². The summed E-state index contributed by atoms with van der Waals surface area (Å²) in [6, 6.07) is 3.20. The summed E-state index contributed by atoms with van der Waals surface area (Å²) in [7, 11) is 2.40. The summed E-state index contributed by atoms with van der Waals surface area (Å²) < 4.78 is 6.21. The number of ether oxygens (including phenoxy) is 1. The molecule has 1 saturated carbocycles.